The fourth-order valence-corrected chi connectivity index (χ4v) is 3.05. The summed E-state index contributed by atoms with van der Waals surface area (Å²) in [5.74, 6) is 3.25. The van der Waals surface area contributed by atoms with E-state index in [1.807, 2.05) is 18.5 Å². The third kappa shape index (κ3) is 5.97. The molecule has 1 atom stereocenters. The fourth-order valence-electron chi connectivity index (χ4n) is 3.05. The molecule has 0 saturated carbocycles. The van der Waals surface area contributed by atoms with Gasteiger partial charge in [0.05, 0.1) is 19.8 Å². The third-order valence-electron chi connectivity index (χ3n) is 4.63. The summed E-state index contributed by atoms with van der Waals surface area (Å²) in [5, 5.41) is 15.0. The molecule has 8 nitrogen and oxygen atoms in total. The van der Waals surface area contributed by atoms with E-state index in [4.69, 9.17) is 4.74 Å². The first kappa shape index (κ1) is 19.7. The minimum Gasteiger partial charge on any atom is -0.379 e. The summed E-state index contributed by atoms with van der Waals surface area (Å²) < 4.78 is 7.47. The number of aryl methyl sites for hydroxylation is 1. The summed E-state index contributed by atoms with van der Waals surface area (Å²) in [5.41, 5.74) is 0. The van der Waals surface area contributed by atoms with Crippen LogP contribution in [0.4, 0.5) is 0 Å². The van der Waals surface area contributed by atoms with Crippen LogP contribution in [0.2, 0.25) is 0 Å². The van der Waals surface area contributed by atoms with Crippen molar-refractivity contribution in [1.29, 1.82) is 0 Å². The van der Waals surface area contributed by atoms with E-state index >= 15 is 0 Å². The maximum atomic E-state index is 5.49. The molecule has 142 valence electrons. The maximum Gasteiger partial charge on any atom is 0.191 e. The number of rotatable bonds is 7. The molecule has 2 N–H and O–H groups in total. The Morgan fingerprint density at radius 1 is 1.24 bits per heavy atom. The zero-order valence-corrected chi connectivity index (χ0v) is 16.2. The Hall–Kier alpha value is -1.67. The van der Waals surface area contributed by atoms with E-state index in [2.05, 4.69) is 44.6 Å². The van der Waals surface area contributed by atoms with Gasteiger partial charge in [0.25, 0.3) is 0 Å². The van der Waals surface area contributed by atoms with Gasteiger partial charge in [0, 0.05) is 39.8 Å². The van der Waals surface area contributed by atoms with E-state index in [0.29, 0.717) is 18.5 Å². The maximum absolute atomic E-state index is 5.49. The topological polar surface area (TPSA) is 79.6 Å². The van der Waals surface area contributed by atoms with Crippen LogP contribution < -0.4 is 10.6 Å². The Morgan fingerprint density at radius 2 is 1.96 bits per heavy atom. The molecule has 0 aliphatic carbocycles. The van der Waals surface area contributed by atoms with Crippen molar-refractivity contribution in [2.45, 2.75) is 39.8 Å². The van der Waals surface area contributed by atoms with E-state index in [9.17, 15) is 0 Å². The van der Waals surface area contributed by atoms with Gasteiger partial charge in [-0.1, -0.05) is 13.8 Å². The summed E-state index contributed by atoms with van der Waals surface area (Å²) in [6, 6.07) is 0.486. The molecular formula is C17H33N7O. The number of nitrogens with zero attached hydrogens (tertiary/aromatic N) is 5. The van der Waals surface area contributed by atoms with Crippen LogP contribution in [0.15, 0.2) is 4.99 Å². The molecule has 1 fully saturated rings. The predicted octanol–water partition coefficient (Wildman–Crippen LogP) is 0.535. The van der Waals surface area contributed by atoms with Crippen LogP contribution in [-0.2, 0) is 18.3 Å². The lowest BCUT2D eigenvalue weighted by Gasteiger charge is -2.35. The number of hydrogen-bond acceptors (Lipinski definition) is 5. The molecule has 1 aliphatic rings. The number of guanidine groups is 1. The number of nitrogens with one attached hydrogen (secondary N) is 2. The largest absolute Gasteiger partial charge is 0.379 e. The molecule has 0 bridgehead atoms. The van der Waals surface area contributed by atoms with Crippen LogP contribution in [0.25, 0.3) is 0 Å². The van der Waals surface area contributed by atoms with Gasteiger partial charge in [-0.3, -0.25) is 9.89 Å². The molecule has 0 radical (unpaired) electrons. The monoisotopic (exact) mass is 351 g/mol. The third-order valence-corrected chi connectivity index (χ3v) is 4.63. The highest BCUT2D eigenvalue weighted by atomic mass is 16.5. The Morgan fingerprint density at radius 3 is 2.52 bits per heavy atom. The van der Waals surface area contributed by atoms with Crippen molar-refractivity contribution < 1.29 is 4.74 Å². The standard InChI is InChI=1S/C17H33N7O/c1-13(2)10-15(24-6-8-25-9-7-24)11-19-17(18-4)20-12-16-22-21-14(3)23(16)5/h13,15H,6-12H2,1-5H3,(H2,18,19,20). The molecule has 1 unspecified atom stereocenters. The molecule has 1 aliphatic heterocycles. The van der Waals surface area contributed by atoms with Gasteiger partial charge in [0.2, 0.25) is 0 Å². The molecular weight excluding hydrogens is 318 g/mol. The fraction of sp³-hybridized carbons (Fsp3) is 0.824. The normalized spacial score (nSPS) is 17.8. The summed E-state index contributed by atoms with van der Waals surface area (Å²) in [4.78, 5) is 6.85. The van der Waals surface area contributed by atoms with Crippen LogP contribution in [0, 0.1) is 12.8 Å². The highest BCUT2D eigenvalue weighted by molar-refractivity contribution is 5.79. The van der Waals surface area contributed by atoms with Crippen molar-refractivity contribution in [3.05, 3.63) is 11.6 Å². The molecule has 0 spiro atoms. The number of aliphatic imine (C=N–C) groups is 1. The lowest BCUT2D eigenvalue weighted by Crippen LogP contribution is -2.51. The van der Waals surface area contributed by atoms with E-state index < -0.39 is 0 Å². The highest BCUT2D eigenvalue weighted by Gasteiger charge is 2.22. The van der Waals surface area contributed by atoms with Crippen molar-refractivity contribution in [3.8, 4) is 0 Å². The molecule has 0 amide bonds. The Bertz CT molecular complexity index is 549. The van der Waals surface area contributed by atoms with Gasteiger partial charge in [-0.2, -0.15) is 0 Å². The second-order valence-electron chi connectivity index (χ2n) is 6.96. The average molecular weight is 351 g/mol. The molecule has 8 heteroatoms. The van der Waals surface area contributed by atoms with Gasteiger partial charge in [-0.25, -0.2) is 0 Å². The minimum absolute atomic E-state index is 0.486. The van der Waals surface area contributed by atoms with Crippen LogP contribution in [0.1, 0.15) is 31.9 Å². The molecule has 25 heavy (non-hydrogen) atoms. The Labute approximate surface area is 151 Å². The van der Waals surface area contributed by atoms with E-state index in [-0.39, 0.29) is 0 Å². The molecule has 1 saturated heterocycles. The van der Waals surface area contributed by atoms with E-state index in [1.54, 1.807) is 7.05 Å². The quantitative estimate of drug-likeness (QED) is 0.551. The lowest BCUT2D eigenvalue weighted by atomic mass is 10.0. The summed E-state index contributed by atoms with van der Waals surface area (Å²) in [7, 11) is 3.77. The van der Waals surface area contributed by atoms with Crippen molar-refractivity contribution in [2.75, 3.05) is 39.9 Å². The van der Waals surface area contributed by atoms with Gasteiger partial charge in [-0.05, 0) is 19.3 Å². The summed E-state index contributed by atoms with van der Waals surface area (Å²) >= 11 is 0. The van der Waals surface area contributed by atoms with Crippen molar-refractivity contribution in [3.63, 3.8) is 0 Å². The van der Waals surface area contributed by atoms with Crippen molar-refractivity contribution in [2.24, 2.45) is 18.0 Å². The first-order chi connectivity index (χ1) is 12.0. The van der Waals surface area contributed by atoms with Gasteiger partial charge in [0.1, 0.15) is 5.82 Å². The second-order valence-corrected chi connectivity index (χ2v) is 6.96. The predicted molar refractivity (Wildman–Crippen MR) is 99.6 cm³/mol. The van der Waals surface area contributed by atoms with Gasteiger partial charge >= 0.3 is 0 Å². The van der Waals surface area contributed by atoms with Crippen molar-refractivity contribution in [1.82, 2.24) is 30.3 Å². The molecule has 2 heterocycles. The number of ether oxygens (including phenoxy) is 1. The Balaban J connectivity index is 1.86. The number of morpholine rings is 1. The first-order valence-electron chi connectivity index (χ1n) is 9.12. The number of aromatic nitrogens is 3. The zero-order chi connectivity index (χ0) is 18.2. The minimum atomic E-state index is 0.486. The molecule has 0 aromatic carbocycles. The number of hydrogen-bond donors (Lipinski definition) is 2. The van der Waals surface area contributed by atoms with E-state index in [0.717, 1.165) is 56.9 Å². The lowest BCUT2D eigenvalue weighted by molar-refractivity contribution is 0.0132. The SMILES string of the molecule is CN=C(NCc1nnc(C)n1C)NCC(CC(C)C)N1CCOCC1. The van der Waals surface area contributed by atoms with Crippen LogP contribution in [0.5, 0.6) is 0 Å². The zero-order valence-electron chi connectivity index (χ0n) is 16.2. The Kier molecular flexibility index (Phi) is 7.64. The first-order valence-corrected chi connectivity index (χ1v) is 9.12. The van der Waals surface area contributed by atoms with Crippen LogP contribution >= 0.6 is 0 Å². The smallest absolute Gasteiger partial charge is 0.191 e. The van der Waals surface area contributed by atoms with Crippen LogP contribution in [0.3, 0.4) is 0 Å². The highest BCUT2D eigenvalue weighted by Crippen LogP contribution is 2.13. The van der Waals surface area contributed by atoms with Gasteiger partial charge in [-0.15, -0.1) is 10.2 Å². The molecule has 1 aromatic rings. The van der Waals surface area contributed by atoms with Crippen LogP contribution in [-0.4, -0.2) is 71.6 Å². The van der Waals surface area contributed by atoms with Crippen molar-refractivity contribution >= 4 is 5.96 Å². The van der Waals surface area contributed by atoms with Gasteiger partial charge in [0.15, 0.2) is 11.8 Å². The van der Waals surface area contributed by atoms with E-state index in [1.165, 1.54) is 0 Å². The molecule has 1 aromatic heterocycles. The summed E-state index contributed by atoms with van der Waals surface area (Å²) in [6.07, 6.45) is 1.16. The second kappa shape index (κ2) is 9.72. The molecule has 2 rings (SSSR count). The average Bonchev–Trinajstić information content (AvgIpc) is 2.93. The summed E-state index contributed by atoms with van der Waals surface area (Å²) in [6.45, 7) is 11.6. The van der Waals surface area contributed by atoms with Gasteiger partial charge < -0.3 is 19.9 Å².